The van der Waals surface area contributed by atoms with Crippen LogP contribution in [0, 0.1) is 0 Å². The van der Waals surface area contributed by atoms with E-state index in [0.29, 0.717) is 12.1 Å². The number of rotatable bonds is 2. The van der Waals surface area contributed by atoms with Crippen molar-refractivity contribution >= 4 is 5.91 Å². The first-order chi connectivity index (χ1) is 15.3. The average Bonchev–Trinajstić information content (AvgIpc) is 3.30. The van der Waals surface area contributed by atoms with E-state index in [-0.39, 0.29) is 16.9 Å². The molecule has 1 saturated carbocycles. The van der Waals surface area contributed by atoms with Gasteiger partial charge in [-0.2, -0.15) is 0 Å². The summed E-state index contributed by atoms with van der Waals surface area (Å²) in [6, 6.07) is 11.6. The number of carbonyl (C=O) groups is 1. The molecule has 5 nitrogen and oxygen atoms in total. The van der Waals surface area contributed by atoms with Crippen LogP contribution in [-0.4, -0.2) is 41.6 Å². The van der Waals surface area contributed by atoms with Gasteiger partial charge in [-0.25, -0.2) is 0 Å². The van der Waals surface area contributed by atoms with Gasteiger partial charge in [0.2, 0.25) is 0 Å². The van der Waals surface area contributed by atoms with Crippen molar-refractivity contribution in [2.24, 2.45) is 0 Å². The van der Waals surface area contributed by atoms with E-state index < -0.39 is 0 Å². The smallest absolute Gasteiger partial charge is 0.253 e. The van der Waals surface area contributed by atoms with Crippen LogP contribution in [0.4, 0.5) is 0 Å². The van der Waals surface area contributed by atoms with E-state index in [4.69, 9.17) is 4.74 Å². The maximum atomic E-state index is 13.4. The van der Waals surface area contributed by atoms with E-state index in [1.165, 1.54) is 31.4 Å². The summed E-state index contributed by atoms with van der Waals surface area (Å²) in [5.74, 6) is 0.910. The first-order valence-corrected chi connectivity index (χ1v) is 12.3. The second kappa shape index (κ2) is 7.95. The lowest BCUT2D eigenvalue weighted by Crippen LogP contribution is -2.61. The van der Waals surface area contributed by atoms with Crippen molar-refractivity contribution in [3.8, 4) is 5.75 Å². The van der Waals surface area contributed by atoms with E-state index >= 15 is 0 Å². The normalized spacial score (nSPS) is 24.7. The quantitative estimate of drug-likeness (QED) is 0.721. The highest BCUT2D eigenvalue weighted by molar-refractivity contribution is 5.95. The fraction of sp³-hybridized carbons (Fsp3) is 0.593. The maximum Gasteiger partial charge on any atom is 0.253 e. The molecular formula is C27H37N3O2. The standard InChI is InChI=1S/C27H37N3O2/c1-26(2,3)20-12-11-19(18-23(20)32-4)25(31)29-16-13-27(14-17-29)24-10-7-15-30(24)22-9-6-5-8-21(22)28-27/h7,10-12,15,18,21-22,28H,5-6,8-9,13-14,16-17H2,1-4H3/t21-,22?/m0/s1. The summed E-state index contributed by atoms with van der Waals surface area (Å²) in [7, 11) is 1.69. The molecule has 172 valence electrons. The summed E-state index contributed by atoms with van der Waals surface area (Å²) in [4.78, 5) is 15.4. The Morgan fingerprint density at radius 1 is 1.12 bits per heavy atom. The van der Waals surface area contributed by atoms with E-state index in [0.717, 1.165) is 42.8 Å². The number of ether oxygens (including phenoxy) is 1. The third kappa shape index (κ3) is 3.55. The molecule has 5 rings (SSSR count). The Morgan fingerprint density at radius 2 is 1.88 bits per heavy atom. The van der Waals surface area contributed by atoms with Gasteiger partial charge in [0.1, 0.15) is 5.75 Å². The van der Waals surface area contributed by atoms with Crippen LogP contribution in [0.3, 0.4) is 0 Å². The molecule has 1 unspecified atom stereocenters. The third-order valence-corrected chi connectivity index (χ3v) is 7.98. The molecule has 1 spiro atoms. The van der Waals surface area contributed by atoms with Gasteiger partial charge >= 0.3 is 0 Å². The summed E-state index contributed by atoms with van der Waals surface area (Å²) in [5, 5.41) is 4.08. The predicted octanol–water partition coefficient (Wildman–Crippen LogP) is 5.01. The first-order valence-electron chi connectivity index (χ1n) is 12.3. The van der Waals surface area contributed by atoms with E-state index in [1.54, 1.807) is 7.11 Å². The van der Waals surface area contributed by atoms with E-state index in [2.05, 4.69) is 55.1 Å². The number of hydrogen-bond acceptors (Lipinski definition) is 3. The van der Waals surface area contributed by atoms with Crippen LogP contribution in [0.5, 0.6) is 5.75 Å². The van der Waals surface area contributed by atoms with Crippen molar-refractivity contribution in [3.63, 3.8) is 0 Å². The Balaban J connectivity index is 1.34. The lowest BCUT2D eigenvalue weighted by atomic mass is 9.77. The van der Waals surface area contributed by atoms with Gasteiger partial charge in [0.25, 0.3) is 5.91 Å². The largest absolute Gasteiger partial charge is 0.496 e. The van der Waals surface area contributed by atoms with Crippen LogP contribution in [0.15, 0.2) is 36.5 Å². The summed E-state index contributed by atoms with van der Waals surface area (Å²) in [6.07, 6.45) is 9.37. The zero-order chi connectivity index (χ0) is 22.5. The molecule has 1 aromatic carbocycles. The van der Waals surface area contributed by atoms with Gasteiger partial charge in [-0.3, -0.25) is 4.79 Å². The minimum atomic E-state index is -0.0248. The maximum absolute atomic E-state index is 13.4. The Kier molecular flexibility index (Phi) is 5.36. The lowest BCUT2D eigenvalue weighted by Gasteiger charge is -2.52. The Labute approximate surface area is 192 Å². The number of hydrogen-bond donors (Lipinski definition) is 1. The molecule has 1 saturated heterocycles. The highest BCUT2D eigenvalue weighted by atomic mass is 16.5. The summed E-state index contributed by atoms with van der Waals surface area (Å²) >= 11 is 0. The number of nitrogens with zero attached hydrogens (tertiary/aromatic N) is 2. The van der Waals surface area contributed by atoms with Gasteiger partial charge in [0.05, 0.1) is 12.6 Å². The van der Waals surface area contributed by atoms with Gasteiger partial charge in [-0.05, 0) is 60.9 Å². The fourth-order valence-electron chi connectivity index (χ4n) is 6.25. The van der Waals surface area contributed by atoms with Crippen molar-refractivity contribution in [2.75, 3.05) is 20.2 Å². The van der Waals surface area contributed by atoms with E-state index in [9.17, 15) is 4.79 Å². The average molecular weight is 436 g/mol. The van der Waals surface area contributed by atoms with Gasteiger partial charge in [-0.15, -0.1) is 0 Å². The molecule has 1 aromatic heterocycles. The highest BCUT2D eigenvalue weighted by Gasteiger charge is 2.46. The molecule has 5 heteroatoms. The van der Waals surface area contributed by atoms with Gasteiger partial charge < -0.3 is 19.5 Å². The minimum Gasteiger partial charge on any atom is -0.496 e. The molecule has 1 amide bonds. The minimum absolute atomic E-state index is 0.00737. The number of piperidine rings is 1. The number of methoxy groups -OCH3 is 1. The molecule has 32 heavy (non-hydrogen) atoms. The van der Waals surface area contributed by atoms with Crippen molar-refractivity contribution in [3.05, 3.63) is 53.3 Å². The fourth-order valence-corrected chi connectivity index (χ4v) is 6.25. The topological polar surface area (TPSA) is 46.5 Å². The molecule has 0 bridgehead atoms. The molecule has 1 N–H and O–H groups in total. The molecular weight excluding hydrogens is 398 g/mol. The van der Waals surface area contributed by atoms with Crippen molar-refractivity contribution < 1.29 is 9.53 Å². The van der Waals surface area contributed by atoms with E-state index in [1.807, 2.05) is 17.0 Å². The van der Waals surface area contributed by atoms with Crippen molar-refractivity contribution in [1.29, 1.82) is 0 Å². The molecule has 3 heterocycles. The molecule has 2 atom stereocenters. The summed E-state index contributed by atoms with van der Waals surface area (Å²) in [6.45, 7) is 8.05. The number of aromatic nitrogens is 1. The number of benzene rings is 1. The zero-order valence-corrected chi connectivity index (χ0v) is 20.0. The Hall–Kier alpha value is -2.27. The van der Waals surface area contributed by atoms with Crippen molar-refractivity contribution in [1.82, 2.24) is 14.8 Å². The SMILES string of the molecule is COc1cc(C(=O)N2CCC3(CC2)N[C@H]2CCCCC2n2cccc23)ccc1C(C)(C)C. The number of likely N-dealkylation sites (tertiary alicyclic amines) is 1. The molecule has 2 aromatic rings. The molecule has 1 aliphatic carbocycles. The molecule has 0 radical (unpaired) electrons. The third-order valence-electron chi connectivity index (χ3n) is 7.98. The van der Waals surface area contributed by atoms with Gasteiger partial charge in [0.15, 0.2) is 0 Å². The van der Waals surface area contributed by atoms with Gasteiger partial charge in [0, 0.05) is 42.6 Å². The Bertz CT molecular complexity index is 995. The summed E-state index contributed by atoms with van der Waals surface area (Å²) in [5.41, 5.74) is 3.24. The van der Waals surface area contributed by atoms with Gasteiger partial charge in [-0.1, -0.05) is 39.7 Å². The van der Waals surface area contributed by atoms with Crippen LogP contribution in [0.2, 0.25) is 0 Å². The zero-order valence-electron chi connectivity index (χ0n) is 20.0. The molecule has 2 aliphatic heterocycles. The highest BCUT2D eigenvalue weighted by Crippen LogP contribution is 2.44. The number of carbonyl (C=O) groups excluding carboxylic acids is 1. The molecule has 2 fully saturated rings. The van der Waals surface area contributed by atoms with Crippen LogP contribution >= 0.6 is 0 Å². The van der Waals surface area contributed by atoms with Crippen LogP contribution in [0.1, 0.15) is 87.0 Å². The number of fused-ring (bicyclic) bond motifs is 4. The van der Waals surface area contributed by atoms with Crippen LogP contribution < -0.4 is 10.1 Å². The number of nitrogens with one attached hydrogen (secondary N) is 1. The van der Waals surface area contributed by atoms with Crippen LogP contribution in [-0.2, 0) is 11.0 Å². The van der Waals surface area contributed by atoms with Crippen molar-refractivity contribution in [2.45, 2.75) is 82.3 Å². The number of amides is 1. The lowest BCUT2D eigenvalue weighted by molar-refractivity contribution is 0.0512. The Morgan fingerprint density at radius 3 is 2.59 bits per heavy atom. The predicted molar refractivity (Wildman–Crippen MR) is 127 cm³/mol. The van der Waals surface area contributed by atoms with Crippen LogP contribution in [0.25, 0.3) is 0 Å². The second-order valence-corrected chi connectivity index (χ2v) is 10.9. The molecule has 3 aliphatic rings. The second-order valence-electron chi connectivity index (χ2n) is 10.9. The first kappa shape index (κ1) is 21.6. The summed E-state index contributed by atoms with van der Waals surface area (Å²) < 4.78 is 8.19. The monoisotopic (exact) mass is 435 g/mol.